The van der Waals surface area contributed by atoms with Crippen molar-refractivity contribution in [3.8, 4) is 0 Å². The van der Waals surface area contributed by atoms with Crippen LogP contribution in [-0.4, -0.2) is 29.7 Å². The van der Waals surface area contributed by atoms with Gasteiger partial charge >= 0.3 is 0 Å². The normalized spacial score (nSPS) is 14.1. The molecular weight excluding hydrogens is 225 g/mol. The van der Waals surface area contributed by atoms with Crippen molar-refractivity contribution in [2.75, 3.05) is 11.9 Å². The Labute approximate surface area is 98.6 Å². The van der Waals surface area contributed by atoms with Gasteiger partial charge in [-0.2, -0.15) is 0 Å². The van der Waals surface area contributed by atoms with Gasteiger partial charge in [0.05, 0.1) is 11.8 Å². The minimum atomic E-state index is -0.685. The molecule has 5 nitrogen and oxygen atoms in total. The van der Waals surface area contributed by atoms with E-state index in [-0.39, 0.29) is 17.8 Å². The molecule has 0 spiro atoms. The molecule has 0 aliphatic rings. The molecule has 0 bridgehead atoms. The Kier molecular flexibility index (Phi) is 4.42. The van der Waals surface area contributed by atoms with Crippen LogP contribution in [0, 0.1) is 5.82 Å². The highest BCUT2D eigenvalue weighted by molar-refractivity contribution is 5.93. The molecule has 0 saturated carbocycles. The summed E-state index contributed by atoms with van der Waals surface area (Å²) < 4.78 is 13.5. The van der Waals surface area contributed by atoms with Gasteiger partial charge in [-0.25, -0.2) is 4.39 Å². The lowest BCUT2D eigenvalue weighted by molar-refractivity contribution is 0.1000. The predicted octanol–water partition coefficient (Wildman–Crippen LogP) is 0.0446. The molecule has 0 fully saturated rings. The van der Waals surface area contributed by atoms with Crippen LogP contribution in [0.5, 0.6) is 0 Å². The lowest BCUT2D eigenvalue weighted by atomic mass is 10.1. The van der Waals surface area contributed by atoms with E-state index >= 15 is 0 Å². The molecule has 2 atom stereocenters. The molecule has 0 aliphatic heterocycles. The number of carbonyl (C=O) groups excluding carboxylic acids is 1. The summed E-state index contributed by atoms with van der Waals surface area (Å²) >= 11 is 0. The van der Waals surface area contributed by atoms with E-state index in [1.165, 1.54) is 12.1 Å². The maximum Gasteiger partial charge on any atom is 0.248 e. The summed E-state index contributed by atoms with van der Waals surface area (Å²) in [5.74, 6) is -1.27. The summed E-state index contributed by atoms with van der Waals surface area (Å²) in [5, 5.41) is 11.9. The number of aliphatic hydroxyl groups is 1. The molecule has 6 heteroatoms. The van der Waals surface area contributed by atoms with Crippen molar-refractivity contribution in [2.45, 2.75) is 19.1 Å². The standard InChI is InChI=1S/C11H16FN3O2/c1-6(16)9(13)5-15-10-3-2-7(11(14)17)4-8(10)12/h2-4,6,9,15-16H,5,13H2,1H3,(H2,14,17). The summed E-state index contributed by atoms with van der Waals surface area (Å²) in [6, 6.07) is 3.38. The minimum absolute atomic E-state index is 0.105. The maximum atomic E-state index is 13.5. The monoisotopic (exact) mass is 241 g/mol. The van der Waals surface area contributed by atoms with Crippen LogP contribution in [0.2, 0.25) is 0 Å². The Morgan fingerprint density at radius 1 is 1.59 bits per heavy atom. The Balaban J connectivity index is 2.70. The fourth-order valence-corrected chi connectivity index (χ4v) is 1.21. The molecular formula is C11H16FN3O2. The van der Waals surface area contributed by atoms with Crippen LogP contribution in [0.4, 0.5) is 10.1 Å². The van der Waals surface area contributed by atoms with E-state index < -0.39 is 23.9 Å². The Morgan fingerprint density at radius 3 is 2.71 bits per heavy atom. The Bertz CT molecular complexity index is 410. The van der Waals surface area contributed by atoms with Gasteiger partial charge in [-0.15, -0.1) is 0 Å². The van der Waals surface area contributed by atoms with E-state index in [0.29, 0.717) is 0 Å². The zero-order chi connectivity index (χ0) is 13.0. The van der Waals surface area contributed by atoms with Crippen LogP contribution in [0.3, 0.4) is 0 Å². The van der Waals surface area contributed by atoms with E-state index in [1.54, 1.807) is 6.92 Å². The average Bonchev–Trinajstić information content (AvgIpc) is 2.26. The smallest absolute Gasteiger partial charge is 0.248 e. The second-order valence-electron chi connectivity index (χ2n) is 3.84. The molecule has 1 aromatic carbocycles. The van der Waals surface area contributed by atoms with Gasteiger partial charge in [0.1, 0.15) is 5.82 Å². The fourth-order valence-electron chi connectivity index (χ4n) is 1.21. The molecule has 0 radical (unpaired) electrons. The van der Waals surface area contributed by atoms with Crippen molar-refractivity contribution < 1.29 is 14.3 Å². The number of anilines is 1. The number of hydrogen-bond acceptors (Lipinski definition) is 4. The molecule has 0 aromatic heterocycles. The van der Waals surface area contributed by atoms with Crippen LogP contribution in [0.15, 0.2) is 18.2 Å². The SMILES string of the molecule is CC(O)C(N)CNc1ccc(C(N)=O)cc1F. The molecule has 1 rings (SSSR count). The van der Waals surface area contributed by atoms with Crippen molar-refractivity contribution in [1.29, 1.82) is 0 Å². The molecule has 1 amide bonds. The van der Waals surface area contributed by atoms with Gasteiger partial charge in [0.2, 0.25) is 5.91 Å². The first-order valence-electron chi connectivity index (χ1n) is 5.18. The first kappa shape index (κ1) is 13.4. The first-order chi connectivity index (χ1) is 7.91. The zero-order valence-corrected chi connectivity index (χ0v) is 9.48. The van der Waals surface area contributed by atoms with Crippen LogP contribution < -0.4 is 16.8 Å². The molecule has 0 saturated heterocycles. The summed E-state index contributed by atoms with van der Waals surface area (Å²) in [7, 11) is 0. The Morgan fingerprint density at radius 2 is 2.24 bits per heavy atom. The highest BCUT2D eigenvalue weighted by Gasteiger charge is 2.11. The number of rotatable bonds is 5. The van der Waals surface area contributed by atoms with Gasteiger partial charge in [-0.1, -0.05) is 0 Å². The number of primary amides is 1. The largest absolute Gasteiger partial charge is 0.392 e. The number of nitrogens with one attached hydrogen (secondary N) is 1. The molecule has 94 valence electrons. The van der Waals surface area contributed by atoms with E-state index in [9.17, 15) is 9.18 Å². The highest BCUT2D eigenvalue weighted by atomic mass is 19.1. The summed E-state index contributed by atoms with van der Waals surface area (Å²) in [5.41, 5.74) is 10.9. The van der Waals surface area contributed by atoms with Gasteiger partial charge in [0.15, 0.2) is 0 Å². The number of hydrogen-bond donors (Lipinski definition) is 4. The number of amides is 1. The molecule has 1 aromatic rings. The Hall–Kier alpha value is -1.66. The van der Waals surface area contributed by atoms with E-state index in [0.717, 1.165) is 6.07 Å². The third-order valence-electron chi connectivity index (χ3n) is 2.40. The van der Waals surface area contributed by atoms with Crippen molar-refractivity contribution in [1.82, 2.24) is 0 Å². The number of carbonyl (C=O) groups is 1. The van der Waals surface area contributed by atoms with Gasteiger partial charge in [-0.3, -0.25) is 4.79 Å². The first-order valence-corrected chi connectivity index (χ1v) is 5.18. The molecule has 2 unspecified atom stereocenters. The van der Waals surface area contributed by atoms with Crippen molar-refractivity contribution in [3.05, 3.63) is 29.6 Å². The third-order valence-corrected chi connectivity index (χ3v) is 2.40. The van der Waals surface area contributed by atoms with Gasteiger partial charge in [0, 0.05) is 18.2 Å². The summed E-state index contributed by atoms with van der Waals surface area (Å²) in [6.07, 6.45) is -0.685. The number of aliphatic hydroxyl groups excluding tert-OH is 1. The van der Waals surface area contributed by atoms with Gasteiger partial charge in [0.25, 0.3) is 0 Å². The zero-order valence-electron chi connectivity index (χ0n) is 9.48. The number of nitrogens with two attached hydrogens (primary N) is 2. The van der Waals surface area contributed by atoms with Crippen molar-refractivity contribution in [2.24, 2.45) is 11.5 Å². The lowest BCUT2D eigenvalue weighted by Gasteiger charge is -2.16. The lowest BCUT2D eigenvalue weighted by Crippen LogP contribution is -2.38. The highest BCUT2D eigenvalue weighted by Crippen LogP contribution is 2.15. The molecule has 0 aliphatic carbocycles. The van der Waals surface area contributed by atoms with Crippen LogP contribution in [0.25, 0.3) is 0 Å². The predicted molar refractivity (Wildman–Crippen MR) is 63.1 cm³/mol. The topological polar surface area (TPSA) is 101 Å². The number of halogens is 1. The third kappa shape index (κ3) is 3.69. The van der Waals surface area contributed by atoms with E-state index in [2.05, 4.69) is 5.32 Å². The molecule has 6 N–H and O–H groups in total. The van der Waals surface area contributed by atoms with Crippen molar-refractivity contribution >= 4 is 11.6 Å². The molecule has 17 heavy (non-hydrogen) atoms. The van der Waals surface area contributed by atoms with Gasteiger partial charge in [-0.05, 0) is 25.1 Å². The second kappa shape index (κ2) is 5.60. The second-order valence-corrected chi connectivity index (χ2v) is 3.84. The van der Waals surface area contributed by atoms with E-state index in [4.69, 9.17) is 16.6 Å². The van der Waals surface area contributed by atoms with Crippen LogP contribution in [-0.2, 0) is 0 Å². The average molecular weight is 241 g/mol. The van der Waals surface area contributed by atoms with Gasteiger partial charge < -0.3 is 21.9 Å². The summed E-state index contributed by atoms with van der Waals surface area (Å²) in [4.78, 5) is 10.8. The summed E-state index contributed by atoms with van der Waals surface area (Å²) in [6.45, 7) is 1.78. The quantitative estimate of drug-likeness (QED) is 0.584. The molecule has 0 heterocycles. The maximum absolute atomic E-state index is 13.5. The van der Waals surface area contributed by atoms with Crippen LogP contribution in [0.1, 0.15) is 17.3 Å². The van der Waals surface area contributed by atoms with E-state index in [1.807, 2.05) is 0 Å². The minimum Gasteiger partial charge on any atom is -0.392 e. The number of benzene rings is 1. The fraction of sp³-hybridized carbons (Fsp3) is 0.364. The van der Waals surface area contributed by atoms with Crippen LogP contribution >= 0.6 is 0 Å². The van der Waals surface area contributed by atoms with Crippen molar-refractivity contribution in [3.63, 3.8) is 0 Å².